The van der Waals surface area contributed by atoms with Crippen LogP contribution in [0.15, 0.2) is 18.2 Å². The minimum Gasteiger partial charge on any atom is -0.384 e. The van der Waals surface area contributed by atoms with Crippen molar-refractivity contribution in [2.24, 2.45) is 0 Å². The molecule has 0 radical (unpaired) electrons. The largest absolute Gasteiger partial charge is 0.384 e. The molecule has 0 aromatic heterocycles. The van der Waals surface area contributed by atoms with E-state index < -0.39 is 0 Å². The van der Waals surface area contributed by atoms with Crippen LogP contribution in [0.25, 0.3) is 0 Å². The molecule has 0 amide bonds. The molecule has 2 rings (SSSR count). The molecule has 1 unspecified atom stereocenters. The Kier molecular flexibility index (Phi) is 2.94. The third-order valence-corrected chi connectivity index (χ3v) is 3.02. The van der Waals surface area contributed by atoms with E-state index in [4.69, 9.17) is 0 Å². The van der Waals surface area contributed by atoms with Crippen LogP contribution in [0.2, 0.25) is 0 Å². The first kappa shape index (κ1) is 11.5. The highest BCUT2D eigenvalue weighted by molar-refractivity contribution is 5.60. The summed E-state index contributed by atoms with van der Waals surface area (Å²) in [6, 6.07) is 7.04. The Morgan fingerprint density at radius 1 is 1.31 bits per heavy atom. The van der Waals surface area contributed by atoms with Crippen molar-refractivity contribution in [1.29, 1.82) is 0 Å². The second-order valence-corrected chi connectivity index (χ2v) is 5.70. The van der Waals surface area contributed by atoms with Gasteiger partial charge in [0.1, 0.15) is 0 Å². The van der Waals surface area contributed by atoms with Crippen LogP contribution < -0.4 is 10.6 Å². The number of fused-ring (bicyclic) bond motifs is 1. The van der Waals surface area contributed by atoms with Gasteiger partial charge in [0.15, 0.2) is 0 Å². The molecule has 0 fully saturated rings. The summed E-state index contributed by atoms with van der Waals surface area (Å²) in [5, 5.41) is 7.21. The SMILES string of the molecule is Cc1cccc2c1NCCC2NC(C)(C)C. The van der Waals surface area contributed by atoms with Gasteiger partial charge in [-0.3, -0.25) is 0 Å². The van der Waals surface area contributed by atoms with Crippen molar-refractivity contribution in [1.82, 2.24) is 5.32 Å². The van der Waals surface area contributed by atoms with Crippen molar-refractivity contribution in [2.45, 2.75) is 45.7 Å². The Bertz CT molecular complexity index is 377. The number of nitrogens with one attached hydrogen (secondary N) is 2. The topological polar surface area (TPSA) is 24.1 Å². The maximum absolute atomic E-state index is 3.70. The van der Waals surface area contributed by atoms with Crippen molar-refractivity contribution in [3.8, 4) is 0 Å². The molecular formula is C14H22N2. The number of rotatable bonds is 1. The molecule has 0 bridgehead atoms. The second-order valence-electron chi connectivity index (χ2n) is 5.70. The lowest BCUT2D eigenvalue weighted by atomic mass is 9.93. The summed E-state index contributed by atoms with van der Waals surface area (Å²) in [6.45, 7) is 9.91. The standard InChI is InChI=1S/C14H22N2/c1-10-6-5-7-11-12(16-14(2,3)4)8-9-15-13(10)11/h5-7,12,15-16H,8-9H2,1-4H3. The van der Waals surface area contributed by atoms with Crippen molar-refractivity contribution in [3.63, 3.8) is 0 Å². The van der Waals surface area contributed by atoms with Crippen LogP contribution in [0.3, 0.4) is 0 Å². The van der Waals surface area contributed by atoms with Crippen LogP contribution in [-0.4, -0.2) is 12.1 Å². The van der Waals surface area contributed by atoms with Gasteiger partial charge < -0.3 is 10.6 Å². The predicted molar refractivity (Wildman–Crippen MR) is 69.9 cm³/mol. The van der Waals surface area contributed by atoms with E-state index in [1.165, 1.54) is 16.8 Å². The van der Waals surface area contributed by atoms with Gasteiger partial charge in [0.05, 0.1) is 0 Å². The molecule has 1 heterocycles. The summed E-state index contributed by atoms with van der Waals surface area (Å²) in [7, 11) is 0. The van der Waals surface area contributed by atoms with E-state index >= 15 is 0 Å². The molecule has 88 valence electrons. The third kappa shape index (κ3) is 2.38. The fourth-order valence-corrected chi connectivity index (χ4v) is 2.39. The van der Waals surface area contributed by atoms with E-state index in [0.29, 0.717) is 6.04 Å². The minimum atomic E-state index is 0.170. The molecule has 1 atom stereocenters. The van der Waals surface area contributed by atoms with Gasteiger partial charge in [-0.05, 0) is 45.2 Å². The first-order valence-electron chi connectivity index (χ1n) is 6.08. The zero-order valence-corrected chi connectivity index (χ0v) is 10.7. The highest BCUT2D eigenvalue weighted by Gasteiger charge is 2.24. The van der Waals surface area contributed by atoms with Gasteiger partial charge in [0, 0.05) is 23.8 Å². The normalized spacial score (nSPS) is 20.1. The summed E-state index contributed by atoms with van der Waals surface area (Å²) >= 11 is 0. The van der Waals surface area contributed by atoms with Gasteiger partial charge in [-0.2, -0.15) is 0 Å². The first-order chi connectivity index (χ1) is 7.47. The highest BCUT2D eigenvalue weighted by atomic mass is 15.0. The third-order valence-electron chi connectivity index (χ3n) is 3.02. The summed E-state index contributed by atoms with van der Waals surface area (Å²) < 4.78 is 0. The molecule has 16 heavy (non-hydrogen) atoms. The summed E-state index contributed by atoms with van der Waals surface area (Å²) in [4.78, 5) is 0. The van der Waals surface area contributed by atoms with Crippen LogP contribution in [-0.2, 0) is 0 Å². The summed E-state index contributed by atoms with van der Waals surface area (Å²) in [5.41, 5.74) is 4.26. The Balaban J connectivity index is 2.30. The van der Waals surface area contributed by atoms with Crippen molar-refractivity contribution < 1.29 is 0 Å². The predicted octanol–water partition coefficient (Wildman–Crippen LogP) is 3.24. The minimum absolute atomic E-state index is 0.170. The fraction of sp³-hybridized carbons (Fsp3) is 0.571. The molecule has 0 aliphatic carbocycles. The monoisotopic (exact) mass is 218 g/mol. The molecule has 1 aromatic rings. The number of para-hydroxylation sites is 1. The maximum atomic E-state index is 3.70. The Morgan fingerprint density at radius 2 is 2.06 bits per heavy atom. The van der Waals surface area contributed by atoms with Gasteiger partial charge in [0.2, 0.25) is 0 Å². The van der Waals surface area contributed by atoms with Gasteiger partial charge in [-0.25, -0.2) is 0 Å². The average Bonchev–Trinajstić information content (AvgIpc) is 2.17. The molecule has 2 nitrogen and oxygen atoms in total. The Labute approximate surface area is 98.4 Å². The van der Waals surface area contributed by atoms with E-state index in [1.807, 2.05) is 0 Å². The molecular weight excluding hydrogens is 196 g/mol. The van der Waals surface area contributed by atoms with Crippen LogP contribution in [0.5, 0.6) is 0 Å². The van der Waals surface area contributed by atoms with Gasteiger partial charge >= 0.3 is 0 Å². The van der Waals surface area contributed by atoms with E-state index in [-0.39, 0.29) is 5.54 Å². The van der Waals surface area contributed by atoms with E-state index in [9.17, 15) is 0 Å². The van der Waals surface area contributed by atoms with Gasteiger partial charge in [-0.15, -0.1) is 0 Å². The Hall–Kier alpha value is -1.02. The smallest absolute Gasteiger partial charge is 0.0418 e. The lowest BCUT2D eigenvalue weighted by Gasteiger charge is -2.34. The molecule has 0 spiro atoms. The van der Waals surface area contributed by atoms with E-state index in [2.05, 4.69) is 56.5 Å². The number of anilines is 1. The molecule has 0 saturated carbocycles. The average molecular weight is 218 g/mol. The molecule has 2 heteroatoms. The van der Waals surface area contributed by atoms with Crippen LogP contribution in [0, 0.1) is 6.92 Å². The molecule has 1 aliphatic rings. The number of hydrogen-bond acceptors (Lipinski definition) is 2. The second kappa shape index (κ2) is 4.10. The lowest BCUT2D eigenvalue weighted by molar-refractivity contribution is 0.351. The lowest BCUT2D eigenvalue weighted by Crippen LogP contribution is -2.41. The maximum Gasteiger partial charge on any atom is 0.0418 e. The molecule has 0 saturated heterocycles. The molecule has 1 aromatic carbocycles. The van der Waals surface area contributed by atoms with Crippen LogP contribution in [0.1, 0.15) is 44.4 Å². The molecule has 2 N–H and O–H groups in total. The number of aryl methyl sites for hydroxylation is 1. The highest BCUT2D eigenvalue weighted by Crippen LogP contribution is 2.33. The summed E-state index contributed by atoms with van der Waals surface area (Å²) in [6.07, 6.45) is 1.16. The fourth-order valence-electron chi connectivity index (χ4n) is 2.39. The van der Waals surface area contributed by atoms with Gasteiger partial charge in [-0.1, -0.05) is 18.2 Å². The number of benzene rings is 1. The van der Waals surface area contributed by atoms with Crippen molar-refractivity contribution in [2.75, 3.05) is 11.9 Å². The van der Waals surface area contributed by atoms with Crippen molar-refractivity contribution >= 4 is 5.69 Å². The quantitative estimate of drug-likeness (QED) is 0.756. The van der Waals surface area contributed by atoms with Crippen LogP contribution in [0.4, 0.5) is 5.69 Å². The molecule has 1 aliphatic heterocycles. The van der Waals surface area contributed by atoms with Crippen molar-refractivity contribution in [3.05, 3.63) is 29.3 Å². The number of hydrogen-bond donors (Lipinski definition) is 2. The van der Waals surface area contributed by atoms with Gasteiger partial charge in [0.25, 0.3) is 0 Å². The Morgan fingerprint density at radius 3 is 2.75 bits per heavy atom. The van der Waals surface area contributed by atoms with E-state index in [0.717, 1.165) is 13.0 Å². The summed E-state index contributed by atoms with van der Waals surface area (Å²) in [5.74, 6) is 0. The van der Waals surface area contributed by atoms with Crippen LogP contribution >= 0.6 is 0 Å². The zero-order chi connectivity index (χ0) is 11.8. The van der Waals surface area contributed by atoms with E-state index in [1.54, 1.807) is 0 Å². The first-order valence-corrected chi connectivity index (χ1v) is 6.08. The zero-order valence-electron chi connectivity index (χ0n) is 10.7.